The van der Waals surface area contributed by atoms with Crippen LogP contribution < -0.4 is 10.1 Å². The molecule has 2 N–H and O–H groups in total. The molecule has 0 spiro atoms. The van der Waals surface area contributed by atoms with Gasteiger partial charge in [-0.1, -0.05) is 23.7 Å². The maximum Gasteiger partial charge on any atom is 0.337 e. The van der Waals surface area contributed by atoms with Gasteiger partial charge in [0.1, 0.15) is 5.75 Å². The van der Waals surface area contributed by atoms with Crippen LogP contribution in [0.25, 0.3) is 11.1 Å². The van der Waals surface area contributed by atoms with E-state index in [1.165, 1.54) is 24.5 Å². The predicted molar refractivity (Wildman–Crippen MR) is 106 cm³/mol. The van der Waals surface area contributed by atoms with Gasteiger partial charge in [-0.05, 0) is 48.9 Å². The van der Waals surface area contributed by atoms with Crippen LogP contribution in [0.3, 0.4) is 0 Å². The SMILES string of the molecule is C/C(=C\Oc1cccc(-c2ccoc2)c1)C(=O)Nc1ccc(Cl)cc1C(=O)O. The molecule has 0 aliphatic rings. The molecular formula is C21H16ClNO5. The maximum absolute atomic E-state index is 12.3. The van der Waals surface area contributed by atoms with Crippen LogP contribution in [0.1, 0.15) is 17.3 Å². The Kier molecular flexibility index (Phi) is 5.81. The Morgan fingerprint density at radius 3 is 2.68 bits per heavy atom. The van der Waals surface area contributed by atoms with E-state index in [0.29, 0.717) is 5.75 Å². The molecule has 3 aromatic rings. The number of carboxylic acid groups (broad SMARTS) is 1. The normalized spacial score (nSPS) is 11.1. The molecule has 28 heavy (non-hydrogen) atoms. The molecule has 0 saturated carbocycles. The third kappa shape index (κ3) is 4.61. The highest BCUT2D eigenvalue weighted by Crippen LogP contribution is 2.25. The number of nitrogens with one attached hydrogen (secondary N) is 1. The lowest BCUT2D eigenvalue weighted by Gasteiger charge is -2.09. The van der Waals surface area contributed by atoms with Gasteiger partial charge < -0.3 is 19.6 Å². The van der Waals surface area contributed by atoms with Crippen molar-refractivity contribution in [3.05, 3.63) is 83.5 Å². The summed E-state index contributed by atoms with van der Waals surface area (Å²) in [6.45, 7) is 1.56. The Hall–Kier alpha value is -3.51. The molecule has 0 saturated heterocycles. The second kappa shape index (κ2) is 8.45. The molecule has 1 aromatic heterocycles. The number of furan rings is 1. The van der Waals surface area contributed by atoms with E-state index in [4.69, 9.17) is 20.8 Å². The number of carboxylic acids is 1. The van der Waals surface area contributed by atoms with Crippen LogP contribution in [0.4, 0.5) is 5.69 Å². The minimum Gasteiger partial charge on any atom is -0.478 e. The number of carbonyl (C=O) groups is 2. The minimum atomic E-state index is -1.19. The lowest BCUT2D eigenvalue weighted by Crippen LogP contribution is -2.16. The van der Waals surface area contributed by atoms with Crippen molar-refractivity contribution in [3.63, 3.8) is 0 Å². The van der Waals surface area contributed by atoms with Crippen molar-refractivity contribution in [2.75, 3.05) is 5.32 Å². The number of amides is 1. The van der Waals surface area contributed by atoms with Gasteiger partial charge in [-0.25, -0.2) is 4.79 Å². The van der Waals surface area contributed by atoms with Gasteiger partial charge in [0.2, 0.25) is 0 Å². The van der Waals surface area contributed by atoms with Crippen molar-refractivity contribution >= 4 is 29.2 Å². The number of hydrogen-bond acceptors (Lipinski definition) is 4. The third-order valence-electron chi connectivity index (χ3n) is 3.88. The third-order valence-corrected chi connectivity index (χ3v) is 4.11. The lowest BCUT2D eigenvalue weighted by molar-refractivity contribution is -0.112. The highest BCUT2D eigenvalue weighted by molar-refractivity contribution is 6.31. The summed E-state index contributed by atoms with van der Waals surface area (Å²) < 4.78 is 10.6. The number of hydrogen-bond donors (Lipinski definition) is 2. The van der Waals surface area contributed by atoms with Gasteiger partial charge >= 0.3 is 5.97 Å². The van der Waals surface area contributed by atoms with Crippen molar-refractivity contribution in [2.24, 2.45) is 0 Å². The van der Waals surface area contributed by atoms with Crippen LogP contribution in [0, 0.1) is 0 Å². The van der Waals surface area contributed by atoms with Crippen molar-refractivity contribution < 1.29 is 23.8 Å². The standard InChI is InChI=1S/C21H16ClNO5/c1-13(20(24)23-19-6-5-16(22)10-18(19)21(25)26)11-28-17-4-2-3-14(9-17)15-7-8-27-12-15/h2-12H,1H3,(H,23,24)(H,25,26)/b13-11+. The molecule has 0 bridgehead atoms. The average Bonchev–Trinajstić information content (AvgIpc) is 3.22. The van der Waals surface area contributed by atoms with Crippen LogP contribution in [-0.4, -0.2) is 17.0 Å². The molecule has 0 radical (unpaired) electrons. The summed E-state index contributed by atoms with van der Waals surface area (Å²) in [7, 11) is 0. The Bertz CT molecular complexity index is 1040. The monoisotopic (exact) mass is 397 g/mol. The van der Waals surface area contributed by atoms with Gasteiger partial charge in [-0.2, -0.15) is 0 Å². The van der Waals surface area contributed by atoms with E-state index in [-0.39, 0.29) is 21.8 Å². The molecule has 142 valence electrons. The van der Waals surface area contributed by atoms with Crippen molar-refractivity contribution in [1.82, 2.24) is 0 Å². The topological polar surface area (TPSA) is 88.8 Å². The van der Waals surface area contributed by atoms with E-state index in [1.807, 2.05) is 24.3 Å². The van der Waals surface area contributed by atoms with E-state index in [1.54, 1.807) is 25.5 Å². The van der Waals surface area contributed by atoms with E-state index < -0.39 is 11.9 Å². The molecule has 0 aliphatic heterocycles. The number of benzene rings is 2. The second-order valence-electron chi connectivity index (χ2n) is 5.91. The van der Waals surface area contributed by atoms with Gasteiger partial charge in [0.05, 0.1) is 30.0 Å². The van der Waals surface area contributed by atoms with Crippen molar-refractivity contribution in [2.45, 2.75) is 6.92 Å². The zero-order chi connectivity index (χ0) is 20.1. The zero-order valence-corrected chi connectivity index (χ0v) is 15.6. The first kappa shape index (κ1) is 19.3. The fraction of sp³-hybridized carbons (Fsp3) is 0.0476. The minimum absolute atomic E-state index is 0.0950. The molecular weight excluding hydrogens is 382 g/mol. The molecule has 3 rings (SSSR count). The van der Waals surface area contributed by atoms with Crippen LogP contribution in [0.2, 0.25) is 5.02 Å². The maximum atomic E-state index is 12.3. The summed E-state index contributed by atoms with van der Waals surface area (Å²) in [5.74, 6) is -1.13. The smallest absolute Gasteiger partial charge is 0.337 e. The van der Waals surface area contributed by atoms with E-state index >= 15 is 0 Å². The van der Waals surface area contributed by atoms with Crippen molar-refractivity contribution in [1.29, 1.82) is 0 Å². The summed E-state index contributed by atoms with van der Waals surface area (Å²) in [4.78, 5) is 23.7. The van der Waals surface area contributed by atoms with Gasteiger partial charge in [0.25, 0.3) is 5.91 Å². The van der Waals surface area contributed by atoms with Crippen LogP contribution in [0.15, 0.2) is 77.3 Å². The number of rotatable bonds is 6. The average molecular weight is 398 g/mol. The summed E-state index contributed by atoms with van der Waals surface area (Å²) in [6, 6.07) is 13.4. The number of ether oxygens (including phenoxy) is 1. The van der Waals surface area contributed by atoms with Crippen molar-refractivity contribution in [3.8, 4) is 16.9 Å². The second-order valence-corrected chi connectivity index (χ2v) is 6.34. The Morgan fingerprint density at radius 2 is 1.96 bits per heavy atom. The highest BCUT2D eigenvalue weighted by atomic mass is 35.5. The first-order chi connectivity index (χ1) is 13.4. The molecule has 0 unspecified atom stereocenters. The zero-order valence-electron chi connectivity index (χ0n) is 14.8. The van der Waals surface area contributed by atoms with E-state index in [2.05, 4.69) is 5.32 Å². The number of aromatic carboxylic acids is 1. The number of anilines is 1. The quantitative estimate of drug-likeness (QED) is 0.439. The first-order valence-corrected chi connectivity index (χ1v) is 8.62. The number of halogens is 1. The van der Waals surface area contributed by atoms with Crippen LogP contribution in [-0.2, 0) is 4.79 Å². The summed E-state index contributed by atoms with van der Waals surface area (Å²) in [5, 5.41) is 12.1. The van der Waals surface area contributed by atoms with Gasteiger partial charge in [-0.15, -0.1) is 0 Å². The molecule has 6 nitrogen and oxygen atoms in total. The lowest BCUT2D eigenvalue weighted by atomic mass is 10.1. The van der Waals surface area contributed by atoms with Gasteiger partial charge in [0.15, 0.2) is 0 Å². The summed E-state index contributed by atoms with van der Waals surface area (Å²) in [5.41, 5.74) is 2.14. The fourth-order valence-corrected chi connectivity index (χ4v) is 2.58. The molecule has 1 heterocycles. The Labute approximate surface area is 166 Å². The largest absolute Gasteiger partial charge is 0.478 e. The highest BCUT2D eigenvalue weighted by Gasteiger charge is 2.14. The molecule has 1 amide bonds. The molecule has 0 atom stereocenters. The molecule has 7 heteroatoms. The van der Waals surface area contributed by atoms with Crippen LogP contribution >= 0.6 is 11.6 Å². The van der Waals surface area contributed by atoms with Gasteiger partial charge in [-0.3, -0.25) is 4.79 Å². The van der Waals surface area contributed by atoms with E-state index in [0.717, 1.165) is 11.1 Å². The summed E-state index contributed by atoms with van der Waals surface area (Å²) >= 11 is 5.81. The number of carbonyl (C=O) groups excluding carboxylic acids is 1. The first-order valence-electron chi connectivity index (χ1n) is 8.24. The Morgan fingerprint density at radius 1 is 1.14 bits per heavy atom. The fourth-order valence-electron chi connectivity index (χ4n) is 2.41. The van der Waals surface area contributed by atoms with Crippen LogP contribution in [0.5, 0.6) is 5.75 Å². The predicted octanol–water partition coefficient (Wildman–Crippen LogP) is 5.22. The van der Waals surface area contributed by atoms with E-state index in [9.17, 15) is 14.7 Å². The van der Waals surface area contributed by atoms with Gasteiger partial charge in [0, 0.05) is 16.2 Å². The summed E-state index contributed by atoms with van der Waals surface area (Å²) in [6.07, 6.45) is 4.51. The molecule has 0 fully saturated rings. The molecule has 2 aromatic carbocycles. The Balaban J connectivity index is 1.71. The molecule has 0 aliphatic carbocycles.